The molecule has 0 spiro atoms. The molecule has 0 aliphatic carbocycles. The van der Waals surface area contributed by atoms with Crippen molar-refractivity contribution in [1.82, 2.24) is 15.2 Å². The minimum atomic E-state index is -4.49. The molecule has 168 valence electrons. The maximum Gasteiger partial charge on any atom is 0.412 e. The molecule has 1 aromatic rings. The molecule has 2 heterocycles. The van der Waals surface area contributed by atoms with Gasteiger partial charge in [0.05, 0.1) is 6.61 Å². The summed E-state index contributed by atoms with van der Waals surface area (Å²) >= 11 is 0. The lowest BCUT2D eigenvalue weighted by atomic mass is 10.0. The third-order valence-electron chi connectivity index (χ3n) is 4.56. The predicted molar refractivity (Wildman–Crippen MR) is 106 cm³/mol. The van der Waals surface area contributed by atoms with Crippen LogP contribution in [-0.2, 0) is 0 Å². The van der Waals surface area contributed by atoms with Gasteiger partial charge in [-0.3, -0.25) is 10.3 Å². The quantitative estimate of drug-likeness (QED) is 0.358. The van der Waals surface area contributed by atoms with Crippen LogP contribution >= 0.6 is 0 Å². The van der Waals surface area contributed by atoms with Crippen molar-refractivity contribution in [3.05, 3.63) is 59.0 Å². The molecule has 0 bridgehead atoms. The molecule has 0 saturated heterocycles. The fourth-order valence-corrected chi connectivity index (χ4v) is 2.67. The highest BCUT2D eigenvalue weighted by Gasteiger charge is 2.29. The van der Waals surface area contributed by atoms with Crippen molar-refractivity contribution in [1.29, 1.82) is 0 Å². The Morgan fingerprint density at radius 3 is 2.68 bits per heavy atom. The molecule has 0 saturated carbocycles. The summed E-state index contributed by atoms with van der Waals surface area (Å²) in [5, 5.41) is 20.9. The van der Waals surface area contributed by atoms with Crippen molar-refractivity contribution in [3.8, 4) is 0 Å². The number of alkyl halides is 3. The van der Waals surface area contributed by atoms with Gasteiger partial charge in [0.25, 0.3) is 0 Å². The fraction of sp³-hybridized carbons (Fsp3) is 0.350. The molecular formula is C20H22F4N4O3. The van der Waals surface area contributed by atoms with E-state index in [9.17, 15) is 27.5 Å². The Labute approximate surface area is 176 Å². The molecule has 3 N–H and O–H groups in total. The van der Waals surface area contributed by atoms with E-state index in [-0.39, 0.29) is 36.6 Å². The van der Waals surface area contributed by atoms with Gasteiger partial charge in [-0.15, -0.1) is 0 Å². The second kappa shape index (κ2) is 10.3. The first-order valence-electron chi connectivity index (χ1n) is 9.19. The zero-order valence-electron chi connectivity index (χ0n) is 16.7. The van der Waals surface area contributed by atoms with Crippen LogP contribution in [0.15, 0.2) is 46.9 Å². The zero-order valence-corrected chi connectivity index (χ0v) is 16.7. The SMILES string of the molecule is C=N/C(=C\C=C(/C)C(F)(F)F)NC(=O)N1CC=C(c2ncc([C@H](O)CO)cc2F)CC1. The van der Waals surface area contributed by atoms with Crippen molar-refractivity contribution in [2.24, 2.45) is 4.99 Å². The highest BCUT2D eigenvalue weighted by atomic mass is 19.4. The van der Waals surface area contributed by atoms with Gasteiger partial charge in [-0.25, -0.2) is 14.2 Å². The number of hydrogen-bond acceptors (Lipinski definition) is 5. The Morgan fingerprint density at radius 2 is 2.16 bits per heavy atom. The van der Waals surface area contributed by atoms with Crippen molar-refractivity contribution in [2.75, 3.05) is 19.7 Å². The summed E-state index contributed by atoms with van der Waals surface area (Å²) in [5.41, 5.74) is -0.0734. The monoisotopic (exact) mass is 442 g/mol. The third-order valence-corrected chi connectivity index (χ3v) is 4.56. The minimum absolute atomic E-state index is 0.0788. The van der Waals surface area contributed by atoms with E-state index in [1.165, 1.54) is 11.1 Å². The van der Waals surface area contributed by atoms with Gasteiger partial charge in [-0.2, -0.15) is 13.2 Å². The number of carbonyl (C=O) groups excluding carboxylic acids is 1. The summed E-state index contributed by atoms with van der Waals surface area (Å²) < 4.78 is 52.0. The number of aliphatic hydroxyl groups excluding tert-OH is 2. The Hall–Kier alpha value is -3.05. The smallest absolute Gasteiger partial charge is 0.393 e. The highest BCUT2D eigenvalue weighted by Crippen LogP contribution is 2.26. The highest BCUT2D eigenvalue weighted by molar-refractivity contribution is 5.78. The number of nitrogens with zero attached hydrogens (tertiary/aromatic N) is 3. The summed E-state index contributed by atoms with van der Waals surface area (Å²) in [6.45, 7) is 3.88. The van der Waals surface area contributed by atoms with Crippen LogP contribution in [0.4, 0.5) is 22.4 Å². The number of halogens is 4. The van der Waals surface area contributed by atoms with E-state index >= 15 is 0 Å². The fourth-order valence-electron chi connectivity index (χ4n) is 2.67. The summed E-state index contributed by atoms with van der Waals surface area (Å²) in [6.07, 6.45) is -0.778. The number of aliphatic hydroxyl groups is 2. The van der Waals surface area contributed by atoms with Crippen LogP contribution in [0, 0.1) is 5.82 Å². The second-order valence-electron chi connectivity index (χ2n) is 6.71. The number of rotatable bonds is 6. The molecule has 0 aromatic carbocycles. The molecule has 1 aliphatic heterocycles. The van der Waals surface area contributed by atoms with Crippen LogP contribution in [0.3, 0.4) is 0 Å². The van der Waals surface area contributed by atoms with Gasteiger partial charge in [0.2, 0.25) is 0 Å². The topological polar surface area (TPSA) is 98.1 Å². The van der Waals surface area contributed by atoms with Gasteiger partial charge in [0.15, 0.2) is 0 Å². The first-order valence-corrected chi connectivity index (χ1v) is 9.19. The molecule has 1 aromatic heterocycles. The first-order chi connectivity index (χ1) is 14.6. The Kier molecular flexibility index (Phi) is 8.06. The molecule has 2 amide bonds. The Morgan fingerprint density at radius 1 is 1.45 bits per heavy atom. The third kappa shape index (κ3) is 6.46. The van der Waals surface area contributed by atoms with Gasteiger partial charge >= 0.3 is 12.2 Å². The number of amides is 2. The van der Waals surface area contributed by atoms with E-state index in [1.807, 2.05) is 0 Å². The van der Waals surface area contributed by atoms with E-state index in [1.54, 1.807) is 6.08 Å². The molecule has 1 aliphatic rings. The van der Waals surface area contributed by atoms with Crippen LogP contribution in [-0.4, -0.2) is 58.7 Å². The summed E-state index contributed by atoms with van der Waals surface area (Å²) in [5.74, 6) is -0.809. The number of nitrogens with one attached hydrogen (secondary N) is 1. The van der Waals surface area contributed by atoms with Gasteiger partial charge < -0.3 is 15.1 Å². The number of allylic oxidation sites excluding steroid dienone is 3. The molecule has 0 unspecified atom stereocenters. The van der Waals surface area contributed by atoms with Gasteiger partial charge in [-0.05, 0) is 37.8 Å². The number of urea groups is 1. The normalized spacial score (nSPS) is 16.6. The molecule has 11 heteroatoms. The van der Waals surface area contributed by atoms with Crippen LogP contribution in [0.2, 0.25) is 0 Å². The van der Waals surface area contributed by atoms with Crippen LogP contribution in [0.25, 0.3) is 5.57 Å². The van der Waals surface area contributed by atoms with E-state index in [0.717, 1.165) is 25.1 Å². The van der Waals surface area contributed by atoms with Crippen molar-refractivity contribution < 1.29 is 32.6 Å². The lowest BCUT2D eigenvalue weighted by Crippen LogP contribution is -2.41. The van der Waals surface area contributed by atoms with Crippen LogP contribution in [0.1, 0.15) is 30.7 Å². The second-order valence-corrected chi connectivity index (χ2v) is 6.71. The summed E-state index contributed by atoms with van der Waals surface area (Å²) in [6, 6.07) is 0.494. The molecule has 0 fully saturated rings. The Balaban J connectivity index is 2.06. The lowest BCUT2D eigenvalue weighted by Gasteiger charge is -2.26. The number of carbonyl (C=O) groups is 1. The molecular weight excluding hydrogens is 420 g/mol. The molecule has 0 radical (unpaired) electrons. The maximum absolute atomic E-state index is 14.3. The summed E-state index contributed by atoms with van der Waals surface area (Å²) in [7, 11) is 0. The van der Waals surface area contributed by atoms with Gasteiger partial charge in [-0.1, -0.05) is 12.2 Å². The van der Waals surface area contributed by atoms with Crippen molar-refractivity contribution in [2.45, 2.75) is 25.6 Å². The number of aliphatic imine (C=N–C) groups is 1. The number of hydrogen-bond donors (Lipinski definition) is 3. The summed E-state index contributed by atoms with van der Waals surface area (Å²) in [4.78, 5) is 21.2. The minimum Gasteiger partial charge on any atom is -0.393 e. The lowest BCUT2D eigenvalue weighted by molar-refractivity contribution is -0.0913. The van der Waals surface area contributed by atoms with E-state index < -0.39 is 36.3 Å². The average Bonchev–Trinajstić information content (AvgIpc) is 2.74. The molecule has 7 nitrogen and oxygen atoms in total. The number of aromatic nitrogens is 1. The van der Waals surface area contributed by atoms with Gasteiger partial charge in [0, 0.05) is 30.4 Å². The van der Waals surface area contributed by atoms with E-state index in [2.05, 4.69) is 22.0 Å². The van der Waals surface area contributed by atoms with E-state index in [0.29, 0.717) is 5.57 Å². The zero-order chi connectivity index (χ0) is 23.2. The molecule has 31 heavy (non-hydrogen) atoms. The maximum atomic E-state index is 14.3. The largest absolute Gasteiger partial charge is 0.412 e. The first kappa shape index (κ1) is 24.2. The van der Waals surface area contributed by atoms with Crippen molar-refractivity contribution >= 4 is 18.3 Å². The molecule has 1 atom stereocenters. The Bertz CT molecular complexity index is 925. The standard InChI is InChI=1S/C20H22F4N4O3/c1-12(20(22,23)24)3-4-17(25-2)27-19(31)28-7-5-13(6-8-28)18-15(21)9-14(10-26-18)16(30)11-29/h3-5,9-10,16,29-30H,2,6-8,11H2,1H3,(H,27,31)/b12-3+,17-4+/t16-/m1/s1. The van der Waals surface area contributed by atoms with Crippen molar-refractivity contribution in [3.63, 3.8) is 0 Å². The average molecular weight is 442 g/mol. The number of pyridine rings is 1. The van der Waals surface area contributed by atoms with Crippen LogP contribution < -0.4 is 5.32 Å². The van der Waals surface area contributed by atoms with E-state index in [4.69, 9.17) is 5.11 Å². The van der Waals surface area contributed by atoms with Crippen LogP contribution in [0.5, 0.6) is 0 Å². The molecule has 2 rings (SSSR count). The van der Waals surface area contributed by atoms with Gasteiger partial charge in [0.1, 0.15) is 23.4 Å². The predicted octanol–water partition coefficient (Wildman–Crippen LogP) is 3.10.